The van der Waals surface area contributed by atoms with Crippen molar-refractivity contribution in [3.63, 3.8) is 0 Å². The number of halogens is 2. The zero-order valence-corrected chi connectivity index (χ0v) is 23.6. The van der Waals surface area contributed by atoms with Crippen LogP contribution >= 0.6 is 34.7 Å². The Morgan fingerprint density at radius 1 is 1.08 bits per heavy atom. The second-order valence-electron chi connectivity index (χ2n) is 8.64. The minimum atomic E-state index is -2.84. The van der Waals surface area contributed by atoms with Gasteiger partial charge in [-0.25, -0.2) is 4.98 Å². The molecule has 1 fully saturated rings. The summed E-state index contributed by atoms with van der Waals surface area (Å²) in [6, 6.07) is 9.57. The number of rotatable bonds is 7. The van der Waals surface area contributed by atoms with Crippen LogP contribution < -0.4 is 20.1 Å². The first-order valence-electron chi connectivity index (χ1n) is 11.6. The average Bonchev–Trinajstić information content (AvgIpc) is 2.92. The highest BCUT2D eigenvalue weighted by molar-refractivity contribution is 9.10. The molecular weight excluding hydrogens is 579 g/mol. The first-order chi connectivity index (χ1) is 17.9. The number of ether oxygens (including phenoxy) is 2. The van der Waals surface area contributed by atoms with Crippen LogP contribution in [0.1, 0.15) is 5.56 Å². The van der Waals surface area contributed by atoms with Crippen molar-refractivity contribution in [1.29, 1.82) is 0 Å². The largest absolute Gasteiger partial charge is 0.497 e. The molecule has 37 heavy (non-hydrogen) atoms. The van der Waals surface area contributed by atoms with E-state index in [1.54, 1.807) is 32.8 Å². The lowest BCUT2D eigenvalue weighted by molar-refractivity contribution is 0.281. The van der Waals surface area contributed by atoms with E-state index in [9.17, 15) is 4.57 Å². The number of methoxy groups -OCH3 is 2. The van der Waals surface area contributed by atoms with Gasteiger partial charge < -0.3 is 19.4 Å². The van der Waals surface area contributed by atoms with E-state index in [2.05, 4.69) is 46.1 Å². The summed E-state index contributed by atoms with van der Waals surface area (Å²) < 4.78 is 26.1. The van der Waals surface area contributed by atoms with Gasteiger partial charge in [-0.2, -0.15) is 4.98 Å². The standard InChI is InChI=1S/C25H25BrClN6O3P/c1-35-17-4-3-16(21(13-17)36-2)15-33-9-11-37(34,12-10-33)23-20(6-5-19-22(23)29-8-7-28-19)31-24-18(26)14-30-25(27)32-24/h3-8,13-14H,9-12,15H2,1-2H3,(H,30,31,32). The minimum Gasteiger partial charge on any atom is -0.497 e. The number of aromatic nitrogens is 4. The number of nitrogens with zero attached hydrogens (tertiary/aromatic N) is 5. The summed E-state index contributed by atoms with van der Waals surface area (Å²) in [6.07, 6.45) is 5.88. The summed E-state index contributed by atoms with van der Waals surface area (Å²) in [5.41, 5.74) is 3.07. The van der Waals surface area contributed by atoms with Crippen LogP contribution in [0.4, 0.5) is 11.5 Å². The van der Waals surface area contributed by atoms with E-state index < -0.39 is 7.14 Å². The molecule has 1 saturated heterocycles. The van der Waals surface area contributed by atoms with Crippen molar-refractivity contribution in [1.82, 2.24) is 24.8 Å². The van der Waals surface area contributed by atoms with Gasteiger partial charge in [-0.15, -0.1) is 0 Å². The SMILES string of the molecule is COc1ccc(CN2CCP(=O)(c3c(Nc4nc(Cl)ncc4Br)ccc4nccnc34)CC2)c(OC)c1. The zero-order chi connectivity index (χ0) is 26.0. The molecule has 0 atom stereocenters. The Balaban J connectivity index is 1.44. The van der Waals surface area contributed by atoms with Crippen LogP contribution in [0.3, 0.4) is 0 Å². The van der Waals surface area contributed by atoms with Crippen LogP contribution in [0.25, 0.3) is 11.0 Å². The van der Waals surface area contributed by atoms with Crippen LogP contribution in [0.15, 0.2) is 53.4 Å². The smallest absolute Gasteiger partial charge is 0.224 e. The van der Waals surface area contributed by atoms with Crippen LogP contribution in [0.5, 0.6) is 11.5 Å². The van der Waals surface area contributed by atoms with Crippen LogP contribution in [0.2, 0.25) is 5.28 Å². The number of hydrogen-bond donors (Lipinski definition) is 1. The first-order valence-corrected chi connectivity index (χ1v) is 14.9. The number of anilines is 2. The summed E-state index contributed by atoms with van der Waals surface area (Å²) in [5, 5.41) is 4.12. The Kier molecular flexibility index (Phi) is 7.62. The van der Waals surface area contributed by atoms with Crippen LogP contribution in [0, 0.1) is 0 Å². The average molecular weight is 604 g/mol. The summed E-state index contributed by atoms with van der Waals surface area (Å²) in [6.45, 7) is 2.04. The zero-order valence-electron chi connectivity index (χ0n) is 20.3. The summed E-state index contributed by atoms with van der Waals surface area (Å²) in [4.78, 5) is 19.6. The van der Waals surface area contributed by atoms with Gasteiger partial charge in [-0.1, -0.05) is 6.07 Å². The molecule has 0 spiro atoms. The van der Waals surface area contributed by atoms with E-state index in [0.29, 0.717) is 64.3 Å². The van der Waals surface area contributed by atoms with Crippen molar-refractivity contribution in [2.75, 3.05) is 44.9 Å². The molecule has 2 aromatic carbocycles. The molecular formula is C25H25BrClN6O3P. The fraction of sp³-hybridized carbons (Fsp3) is 0.280. The van der Waals surface area contributed by atoms with Gasteiger partial charge in [0.25, 0.3) is 0 Å². The normalized spacial score (nSPS) is 15.5. The first kappa shape index (κ1) is 25.9. The van der Waals surface area contributed by atoms with Crippen molar-refractivity contribution in [3.05, 3.63) is 64.2 Å². The number of hydrogen-bond acceptors (Lipinski definition) is 9. The minimum absolute atomic E-state index is 0.113. The van der Waals surface area contributed by atoms with E-state index in [0.717, 1.165) is 17.1 Å². The lowest BCUT2D eigenvalue weighted by Gasteiger charge is -2.33. The molecule has 9 nitrogen and oxygen atoms in total. The maximum absolute atomic E-state index is 14.6. The highest BCUT2D eigenvalue weighted by atomic mass is 79.9. The predicted molar refractivity (Wildman–Crippen MR) is 149 cm³/mol. The molecule has 4 aromatic rings. The van der Waals surface area contributed by atoms with E-state index in [4.69, 9.17) is 21.1 Å². The maximum atomic E-state index is 14.6. The van der Waals surface area contributed by atoms with Gasteiger partial charge >= 0.3 is 0 Å². The van der Waals surface area contributed by atoms with Gasteiger partial charge in [0.1, 0.15) is 30.0 Å². The molecule has 0 unspecified atom stereocenters. The topological polar surface area (TPSA) is 102 Å². The molecule has 1 aliphatic rings. The van der Waals surface area contributed by atoms with Crippen LogP contribution in [-0.4, -0.2) is 64.5 Å². The van der Waals surface area contributed by atoms with Crippen molar-refractivity contribution in [3.8, 4) is 11.5 Å². The fourth-order valence-corrected chi connectivity index (χ4v) is 7.96. The third-order valence-corrected chi connectivity index (χ3v) is 10.3. The Bertz CT molecular complexity index is 1500. The fourth-order valence-electron chi connectivity index (χ4n) is 4.53. The molecule has 0 amide bonds. The quantitative estimate of drug-likeness (QED) is 0.228. The van der Waals surface area contributed by atoms with Gasteiger partial charge in [0.2, 0.25) is 5.28 Å². The van der Waals surface area contributed by atoms with E-state index in [1.165, 1.54) is 0 Å². The third kappa shape index (κ3) is 5.43. The van der Waals surface area contributed by atoms with Crippen molar-refractivity contribution in [2.24, 2.45) is 0 Å². The Morgan fingerprint density at radius 3 is 2.62 bits per heavy atom. The molecule has 12 heteroatoms. The molecule has 0 saturated carbocycles. The Labute approximate surface area is 228 Å². The molecule has 0 aliphatic carbocycles. The van der Waals surface area contributed by atoms with E-state index in [1.807, 2.05) is 30.3 Å². The highest BCUT2D eigenvalue weighted by Crippen LogP contribution is 2.50. The molecule has 3 heterocycles. The molecule has 5 rings (SSSR count). The molecule has 1 N–H and O–H groups in total. The molecule has 2 aromatic heterocycles. The molecule has 0 radical (unpaired) electrons. The van der Waals surface area contributed by atoms with Gasteiger partial charge in [-0.05, 0) is 45.7 Å². The number of fused-ring (bicyclic) bond motifs is 1. The monoisotopic (exact) mass is 602 g/mol. The van der Waals surface area contributed by atoms with Gasteiger partial charge in [0.15, 0.2) is 0 Å². The van der Waals surface area contributed by atoms with Crippen molar-refractivity contribution >= 4 is 62.5 Å². The Hall–Kier alpha value is -2.78. The summed E-state index contributed by atoms with van der Waals surface area (Å²) in [5.74, 6) is 2.01. The predicted octanol–water partition coefficient (Wildman–Crippen LogP) is 5.10. The molecule has 192 valence electrons. The van der Waals surface area contributed by atoms with E-state index in [-0.39, 0.29) is 5.28 Å². The highest BCUT2D eigenvalue weighted by Gasteiger charge is 2.35. The number of nitrogens with one attached hydrogen (secondary N) is 1. The molecule has 0 bridgehead atoms. The van der Waals surface area contributed by atoms with Gasteiger partial charge in [-0.3, -0.25) is 14.9 Å². The van der Waals surface area contributed by atoms with Crippen molar-refractivity contribution < 1.29 is 14.0 Å². The van der Waals surface area contributed by atoms with Crippen molar-refractivity contribution in [2.45, 2.75) is 6.54 Å². The lowest BCUT2D eigenvalue weighted by Crippen LogP contribution is -2.37. The Morgan fingerprint density at radius 2 is 1.86 bits per heavy atom. The number of benzene rings is 2. The summed E-state index contributed by atoms with van der Waals surface area (Å²) >= 11 is 9.50. The lowest BCUT2D eigenvalue weighted by atomic mass is 10.1. The maximum Gasteiger partial charge on any atom is 0.224 e. The molecule has 1 aliphatic heterocycles. The van der Waals surface area contributed by atoms with Gasteiger partial charge in [0, 0.05) is 62.2 Å². The van der Waals surface area contributed by atoms with Crippen LogP contribution in [-0.2, 0) is 11.1 Å². The summed E-state index contributed by atoms with van der Waals surface area (Å²) in [7, 11) is 0.453. The second-order valence-corrected chi connectivity index (χ2v) is 12.9. The second kappa shape index (κ2) is 10.9. The van der Waals surface area contributed by atoms with E-state index >= 15 is 0 Å². The third-order valence-electron chi connectivity index (χ3n) is 6.43. The van der Waals surface area contributed by atoms with Gasteiger partial charge in [0.05, 0.1) is 35.2 Å².